The molecular formula is C9H14N4O2. The number of hydrogen-bond donors (Lipinski definition) is 2. The van der Waals surface area contributed by atoms with Crippen molar-refractivity contribution in [2.45, 2.75) is 25.7 Å². The maximum absolute atomic E-state index is 11.4. The number of nitrogens with two attached hydrogens (primary N) is 1. The van der Waals surface area contributed by atoms with Crippen molar-refractivity contribution in [1.29, 1.82) is 0 Å². The second kappa shape index (κ2) is 3.98. The third-order valence-corrected chi connectivity index (χ3v) is 2.40. The Labute approximate surface area is 87.2 Å². The van der Waals surface area contributed by atoms with Gasteiger partial charge in [0.2, 0.25) is 11.8 Å². The number of amides is 1. The molecule has 1 aliphatic rings. The molecule has 1 amide bonds. The molecule has 1 aromatic rings. The molecule has 0 aliphatic heterocycles. The lowest BCUT2D eigenvalue weighted by Gasteiger charge is -2.05. The number of nitrogens with zero attached hydrogens (tertiary/aromatic N) is 2. The molecule has 0 radical (unpaired) electrons. The second-order valence-corrected chi connectivity index (χ2v) is 3.85. The summed E-state index contributed by atoms with van der Waals surface area (Å²) in [4.78, 5) is 11.4. The lowest BCUT2D eigenvalue weighted by molar-refractivity contribution is -0.119. The van der Waals surface area contributed by atoms with Gasteiger partial charge in [0.15, 0.2) is 0 Å². The van der Waals surface area contributed by atoms with Crippen molar-refractivity contribution in [3.8, 4) is 0 Å². The Kier molecular flexibility index (Phi) is 2.68. The molecule has 0 saturated heterocycles. The van der Waals surface area contributed by atoms with Crippen LogP contribution < -0.4 is 11.1 Å². The highest BCUT2D eigenvalue weighted by atomic mass is 16.4. The Bertz CT molecular complexity index is 359. The van der Waals surface area contributed by atoms with Gasteiger partial charge in [-0.2, -0.15) is 0 Å². The molecule has 1 heterocycles. The second-order valence-electron chi connectivity index (χ2n) is 3.85. The molecule has 6 heteroatoms. The molecule has 82 valence electrons. The first-order valence-electron chi connectivity index (χ1n) is 5.05. The molecule has 15 heavy (non-hydrogen) atoms. The van der Waals surface area contributed by atoms with E-state index in [2.05, 4.69) is 15.5 Å². The summed E-state index contributed by atoms with van der Waals surface area (Å²) >= 11 is 0. The summed E-state index contributed by atoms with van der Waals surface area (Å²) in [7, 11) is 0. The SMILES string of the molecule is CC(CN)C(=O)Nc1nnc(C2CC2)o1. The molecule has 1 saturated carbocycles. The van der Waals surface area contributed by atoms with Crippen LogP contribution >= 0.6 is 0 Å². The predicted molar refractivity (Wildman–Crippen MR) is 53.1 cm³/mol. The maximum atomic E-state index is 11.4. The van der Waals surface area contributed by atoms with Gasteiger partial charge in [-0.15, -0.1) is 5.10 Å². The Morgan fingerprint density at radius 2 is 2.40 bits per heavy atom. The normalized spacial score (nSPS) is 17.5. The average Bonchev–Trinajstić information content (AvgIpc) is 2.99. The molecule has 1 fully saturated rings. The summed E-state index contributed by atoms with van der Waals surface area (Å²) in [5.74, 6) is 0.575. The van der Waals surface area contributed by atoms with Gasteiger partial charge >= 0.3 is 6.01 Å². The van der Waals surface area contributed by atoms with Crippen LogP contribution in [-0.4, -0.2) is 22.6 Å². The molecule has 0 bridgehead atoms. The van der Waals surface area contributed by atoms with Gasteiger partial charge in [0.05, 0.1) is 0 Å². The summed E-state index contributed by atoms with van der Waals surface area (Å²) in [6.07, 6.45) is 2.18. The molecule has 3 N–H and O–H groups in total. The van der Waals surface area contributed by atoms with Crippen molar-refractivity contribution in [3.05, 3.63) is 5.89 Å². The third kappa shape index (κ3) is 2.33. The van der Waals surface area contributed by atoms with Crippen LogP contribution in [0.25, 0.3) is 0 Å². The van der Waals surface area contributed by atoms with Gasteiger partial charge in [-0.3, -0.25) is 10.1 Å². The van der Waals surface area contributed by atoms with Gasteiger partial charge < -0.3 is 10.2 Å². The lowest BCUT2D eigenvalue weighted by Crippen LogP contribution is -2.26. The topological polar surface area (TPSA) is 94.0 Å². The number of anilines is 1. The van der Waals surface area contributed by atoms with E-state index in [9.17, 15) is 4.79 Å². The zero-order chi connectivity index (χ0) is 10.8. The minimum atomic E-state index is -0.249. The van der Waals surface area contributed by atoms with Gasteiger partial charge in [0.1, 0.15) is 0 Å². The van der Waals surface area contributed by atoms with Gasteiger partial charge in [-0.1, -0.05) is 12.0 Å². The summed E-state index contributed by atoms with van der Waals surface area (Å²) in [6, 6.07) is 0.169. The van der Waals surface area contributed by atoms with Crippen molar-refractivity contribution in [2.75, 3.05) is 11.9 Å². The van der Waals surface area contributed by atoms with Crippen molar-refractivity contribution < 1.29 is 9.21 Å². The molecule has 0 spiro atoms. The molecule has 1 aromatic heterocycles. The lowest BCUT2D eigenvalue weighted by atomic mass is 10.2. The molecule has 1 unspecified atom stereocenters. The van der Waals surface area contributed by atoms with Crippen LogP contribution in [0.3, 0.4) is 0 Å². The van der Waals surface area contributed by atoms with Crippen LogP contribution in [0.4, 0.5) is 6.01 Å². The van der Waals surface area contributed by atoms with Gasteiger partial charge in [-0.05, 0) is 12.8 Å². The van der Waals surface area contributed by atoms with E-state index in [1.54, 1.807) is 6.92 Å². The van der Waals surface area contributed by atoms with Crippen LogP contribution in [-0.2, 0) is 4.79 Å². The van der Waals surface area contributed by atoms with Crippen LogP contribution in [0, 0.1) is 5.92 Å². The van der Waals surface area contributed by atoms with E-state index in [4.69, 9.17) is 10.2 Å². The number of rotatable bonds is 4. The van der Waals surface area contributed by atoms with Crippen molar-refractivity contribution in [2.24, 2.45) is 11.7 Å². The van der Waals surface area contributed by atoms with E-state index in [-0.39, 0.29) is 17.8 Å². The minimum absolute atomic E-state index is 0.169. The molecular weight excluding hydrogens is 196 g/mol. The highest BCUT2D eigenvalue weighted by Crippen LogP contribution is 2.39. The average molecular weight is 210 g/mol. The predicted octanol–water partition coefficient (Wildman–Crippen LogP) is 0.480. The highest BCUT2D eigenvalue weighted by molar-refractivity contribution is 5.90. The zero-order valence-electron chi connectivity index (χ0n) is 8.56. The Morgan fingerprint density at radius 1 is 1.67 bits per heavy atom. The molecule has 6 nitrogen and oxygen atoms in total. The van der Waals surface area contributed by atoms with E-state index >= 15 is 0 Å². The Balaban J connectivity index is 1.95. The quantitative estimate of drug-likeness (QED) is 0.753. The van der Waals surface area contributed by atoms with Crippen molar-refractivity contribution in [1.82, 2.24) is 10.2 Å². The summed E-state index contributed by atoms with van der Waals surface area (Å²) in [5.41, 5.74) is 5.36. The largest absolute Gasteiger partial charge is 0.408 e. The minimum Gasteiger partial charge on any atom is -0.408 e. The third-order valence-electron chi connectivity index (χ3n) is 2.40. The fourth-order valence-corrected chi connectivity index (χ4v) is 1.12. The smallest absolute Gasteiger partial charge is 0.322 e. The van der Waals surface area contributed by atoms with Crippen LogP contribution in [0.1, 0.15) is 31.6 Å². The number of hydrogen-bond acceptors (Lipinski definition) is 5. The van der Waals surface area contributed by atoms with Crippen molar-refractivity contribution >= 4 is 11.9 Å². The van der Waals surface area contributed by atoms with E-state index < -0.39 is 0 Å². The maximum Gasteiger partial charge on any atom is 0.322 e. The molecule has 1 aliphatic carbocycles. The van der Waals surface area contributed by atoms with Gasteiger partial charge in [0.25, 0.3) is 0 Å². The summed E-state index contributed by atoms with van der Waals surface area (Å²) in [6.45, 7) is 2.04. The fourth-order valence-electron chi connectivity index (χ4n) is 1.12. The van der Waals surface area contributed by atoms with Crippen molar-refractivity contribution in [3.63, 3.8) is 0 Å². The van der Waals surface area contributed by atoms with E-state index in [0.29, 0.717) is 18.4 Å². The van der Waals surface area contributed by atoms with E-state index in [1.165, 1.54) is 0 Å². The van der Waals surface area contributed by atoms with Gasteiger partial charge in [-0.25, -0.2) is 0 Å². The first-order chi connectivity index (χ1) is 7.20. The monoisotopic (exact) mass is 210 g/mol. The van der Waals surface area contributed by atoms with Gasteiger partial charge in [0, 0.05) is 18.4 Å². The fraction of sp³-hybridized carbons (Fsp3) is 0.667. The van der Waals surface area contributed by atoms with Crippen LogP contribution in [0.2, 0.25) is 0 Å². The molecule has 0 aromatic carbocycles. The summed E-state index contributed by atoms with van der Waals surface area (Å²) < 4.78 is 5.28. The Hall–Kier alpha value is -1.43. The first kappa shape index (κ1) is 10.1. The van der Waals surface area contributed by atoms with E-state index in [0.717, 1.165) is 12.8 Å². The zero-order valence-corrected chi connectivity index (χ0v) is 8.56. The summed E-state index contributed by atoms with van der Waals surface area (Å²) in [5, 5.41) is 10.1. The number of aromatic nitrogens is 2. The Morgan fingerprint density at radius 3 is 3.00 bits per heavy atom. The van der Waals surface area contributed by atoms with E-state index in [1.807, 2.05) is 0 Å². The van der Waals surface area contributed by atoms with Crippen LogP contribution in [0.15, 0.2) is 4.42 Å². The molecule has 2 rings (SSSR count). The van der Waals surface area contributed by atoms with Crippen LogP contribution in [0.5, 0.6) is 0 Å². The molecule has 1 atom stereocenters. The highest BCUT2D eigenvalue weighted by Gasteiger charge is 2.29. The number of carbonyl (C=O) groups excluding carboxylic acids is 1. The standard InChI is InChI=1S/C9H14N4O2/c1-5(4-10)7(14)11-9-13-12-8(15-9)6-2-3-6/h5-6H,2-4,10H2,1H3,(H,11,13,14). The number of carbonyl (C=O) groups is 1. The first-order valence-corrected chi connectivity index (χ1v) is 5.05. The number of nitrogens with one attached hydrogen (secondary N) is 1.